The van der Waals surface area contributed by atoms with Crippen LogP contribution < -0.4 is 9.80 Å². The van der Waals surface area contributed by atoms with Gasteiger partial charge < -0.3 is 9.80 Å². The average molecular weight is 329 g/mol. The highest BCUT2D eigenvalue weighted by molar-refractivity contribution is 6.00. The molecule has 4 heteroatoms. The van der Waals surface area contributed by atoms with E-state index in [1.165, 1.54) is 24.9 Å². The summed E-state index contributed by atoms with van der Waals surface area (Å²) in [6, 6.07) is 8.36. The Morgan fingerprint density at radius 2 is 1.62 bits per heavy atom. The third-order valence-corrected chi connectivity index (χ3v) is 5.25. The molecule has 1 amide bonds. The fourth-order valence-electron chi connectivity index (χ4n) is 3.97. The summed E-state index contributed by atoms with van der Waals surface area (Å²) in [5.74, 6) is 0.876. The van der Waals surface area contributed by atoms with Gasteiger partial charge in [0, 0.05) is 19.6 Å². The van der Waals surface area contributed by atoms with E-state index >= 15 is 0 Å². The highest BCUT2D eigenvalue weighted by Gasteiger charge is 2.32. The highest BCUT2D eigenvalue weighted by atomic mass is 16.2. The summed E-state index contributed by atoms with van der Waals surface area (Å²) in [7, 11) is 0. The van der Waals surface area contributed by atoms with E-state index in [2.05, 4.69) is 48.8 Å². The summed E-state index contributed by atoms with van der Waals surface area (Å²) in [6.45, 7) is 11.5. The van der Waals surface area contributed by atoms with Crippen LogP contribution in [0.4, 0.5) is 11.4 Å². The van der Waals surface area contributed by atoms with Crippen molar-refractivity contribution in [3.05, 3.63) is 24.3 Å². The molecule has 2 heterocycles. The number of rotatable bonds is 4. The van der Waals surface area contributed by atoms with Gasteiger partial charge in [0.15, 0.2) is 0 Å². The monoisotopic (exact) mass is 329 g/mol. The number of hydrogen-bond acceptors (Lipinski definition) is 3. The molecular weight excluding hydrogens is 298 g/mol. The summed E-state index contributed by atoms with van der Waals surface area (Å²) >= 11 is 0. The Labute approximate surface area is 146 Å². The first-order valence-electron chi connectivity index (χ1n) is 9.47. The number of nitrogens with zero attached hydrogens (tertiary/aromatic N) is 3. The van der Waals surface area contributed by atoms with Gasteiger partial charge in [0.1, 0.15) is 0 Å². The third-order valence-electron chi connectivity index (χ3n) is 5.25. The fraction of sp³-hybridized carbons (Fsp3) is 0.650. The number of benzene rings is 1. The molecule has 4 nitrogen and oxygen atoms in total. The Hall–Kier alpha value is -1.55. The second-order valence-electron chi connectivity index (χ2n) is 7.59. The molecule has 1 fully saturated rings. The van der Waals surface area contributed by atoms with Crippen LogP contribution in [0.3, 0.4) is 0 Å². The number of amides is 1. The molecule has 0 aromatic heterocycles. The lowest BCUT2D eigenvalue weighted by Crippen LogP contribution is -2.53. The lowest BCUT2D eigenvalue weighted by Gasteiger charge is -2.41. The van der Waals surface area contributed by atoms with Crippen LogP contribution in [0.5, 0.6) is 0 Å². The number of fused-ring (bicyclic) bond motifs is 1. The Morgan fingerprint density at radius 3 is 2.29 bits per heavy atom. The lowest BCUT2D eigenvalue weighted by molar-refractivity contribution is -0.123. The van der Waals surface area contributed by atoms with E-state index in [0.29, 0.717) is 5.92 Å². The molecule has 1 atom stereocenters. The molecule has 2 aliphatic rings. The van der Waals surface area contributed by atoms with Gasteiger partial charge in [0.25, 0.3) is 0 Å². The van der Waals surface area contributed by atoms with Crippen molar-refractivity contribution in [2.24, 2.45) is 5.92 Å². The minimum atomic E-state index is -0.0185. The van der Waals surface area contributed by atoms with Crippen LogP contribution in [-0.2, 0) is 4.79 Å². The van der Waals surface area contributed by atoms with E-state index < -0.39 is 0 Å². The molecule has 1 saturated heterocycles. The standard InChI is InChI=1S/C20H31N3O/c1-16(2)15-22-13-14-23(19-10-6-5-9-18(19)22)20(24)17(3)21-11-7-4-8-12-21/h5-6,9-10,16-17H,4,7-8,11-15H2,1-3H3. The van der Waals surface area contributed by atoms with Gasteiger partial charge in [-0.1, -0.05) is 32.4 Å². The van der Waals surface area contributed by atoms with Gasteiger partial charge in [-0.25, -0.2) is 0 Å². The van der Waals surface area contributed by atoms with Gasteiger partial charge in [-0.3, -0.25) is 9.69 Å². The molecule has 0 N–H and O–H groups in total. The number of piperidine rings is 1. The first-order valence-corrected chi connectivity index (χ1v) is 9.47. The van der Waals surface area contributed by atoms with Gasteiger partial charge >= 0.3 is 0 Å². The zero-order chi connectivity index (χ0) is 17.1. The normalized spacial score (nSPS) is 20.2. The minimum Gasteiger partial charge on any atom is -0.368 e. The summed E-state index contributed by atoms with van der Waals surface area (Å²) < 4.78 is 0. The van der Waals surface area contributed by atoms with E-state index in [9.17, 15) is 4.79 Å². The number of para-hydroxylation sites is 2. The number of likely N-dealkylation sites (tertiary alicyclic amines) is 1. The molecule has 0 radical (unpaired) electrons. The van der Waals surface area contributed by atoms with E-state index in [-0.39, 0.29) is 11.9 Å². The molecule has 132 valence electrons. The predicted molar refractivity (Wildman–Crippen MR) is 101 cm³/mol. The quantitative estimate of drug-likeness (QED) is 0.847. The van der Waals surface area contributed by atoms with E-state index in [4.69, 9.17) is 0 Å². The van der Waals surface area contributed by atoms with Crippen molar-refractivity contribution in [3.8, 4) is 0 Å². The Kier molecular flexibility index (Phi) is 5.44. The van der Waals surface area contributed by atoms with Crippen molar-refractivity contribution in [1.29, 1.82) is 0 Å². The van der Waals surface area contributed by atoms with Crippen LogP contribution in [0.15, 0.2) is 24.3 Å². The van der Waals surface area contributed by atoms with Crippen LogP contribution in [0.25, 0.3) is 0 Å². The molecule has 0 aliphatic carbocycles. The number of anilines is 2. The first kappa shape index (κ1) is 17.3. The Balaban J connectivity index is 1.79. The topological polar surface area (TPSA) is 26.8 Å². The maximum Gasteiger partial charge on any atom is 0.244 e. The second kappa shape index (κ2) is 7.56. The fourth-order valence-corrected chi connectivity index (χ4v) is 3.97. The SMILES string of the molecule is CC(C)CN1CCN(C(=O)C(C)N2CCCCC2)c2ccccc21. The minimum absolute atomic E-state index is 0.0185. The molecule has 24 heavy (non-hydrogen) atoms. The summed E-state index contributed by atoms with van der Waals surface area (Å²) in [6.07, 6.45) is 3.74. The van der Waals surface area contributed by atoms with Crippen LogP contribution in [-0.4, -0.2) is 49.6 Å². The van der Waals surface area contributed by atoms with Gasteiger partial charge in [-0.15, -0.1) is 0 Å². The molecule has 1 aromatic rings. The largest absolute Gasteiger partial charge is 0.368 e. The van der Waals surface area contributed by atoms with Crippen LogP contribution in [0.1, 0.15) is 40.0 Å². The molecule has 0 saturated carbocycles. The van der Waals surface area contributed by atoms with Gasteiger partial charge in [-0.2, -0.15) is 0 Å². The van der Waals surface area contributed by atoms with Crippen molar-refractivity contribution in [2.45, 2.75) is 46.1 Å². The maximum atomic E-state index is 13.2. The van der Waals surface area contributed by atoms with Gasteiger partial charge in [0.2, 0.25) is 5.91 Å². The van der Waals surface area contributed by atoms with Crippen LogP contribution in [0, 0.1) is 5.92 Å². The van der Waals surface area contributed by atoms with Crippen molar-refractivity contribution in [2.75, 3.05) is 42.5 Å². The van der Waals surface area contributed by atoms with Crippen molar-refractivity contribution < 1.29 is 4.79 Å². The first-order chi connectivity index (χ1) is 11.6. The number of carbonyl (C=O) groups excluding carboxylic acids is 1. The molecule has 1 unspecified atom stereocenters. The second-order valence-corrected chi connectivity index (χ2v) is 7.59. The number of carbonyl (C=O) groups is 1. The lowest BCUT2D eigenvalue weighted by atomic mass is 10.1. The van der Waals surface area contributed by atoms with Crippen LogP contribution in [0.2, 0.25) is 0 Å². The molecule has 1 aromatic carbocycles. The average Bonchev–Trinajstić information content (AvgIpc) is 2.61. The summed E-state index contributed by atoms with van der Waals surface area (Å²) in [5, 5.41) is 0. The summed E-state index contributed by atoms with van der Waals surface area (Å²) in [5.41, 5.74) is 2.29. The van der Waals surface area contributed by atoms with Crippen LogP contribution >= 0.6 is 0 Å². The molecule has 0 bridgehead atoms. The number of hydrogen-bond donors (Lipinski definition) is 0. The molecule has 0 spiro atoms. The Bertz CT molecular complexity index is 566. The Morgan fingerprint density at radius 1 is 0.958 bits per heavy atom. The van der Waals surface area contributed by atoms with Crippen molar-refractivity contribution in [1.82, 2.24) is 4.90 Å². The van der Waals surface area contributed by atoms with E-state index in [0.717, 1.165) is 38.4 Å². The zero-order valence-electron chi connectivity index (χ0n) is 15.4. The maximum absolute atomic E-state index is 13.2. The molecule has 2 aliphatic heterocycles. The smallest absolute Gasteiger partial charge is 0.244 e. The summed E-state index contributed by atoms with van der Waals surface area (Å²) in [4.78, 5) is 20.0. The zero-order valence-corrected chi connectivity index (χ0v) is 15.4. The van der Waals surface area contributed by atoms with Crippen molar-refractivity contribution in [3.63, 3.8) is 0 Å². The van der Waals surface area contributed by atoms with Gasteiger partial charge in [-0.05, 0) is 50.9 Å². The molecular formula is C20H31N3O. The van der Waals surface area contributed by atoms with E-state index in [1.807, 2.05) is 11.0 Å². The van der Waals surface area contributed by atoms with E-state index in [1.54, 1.807) is 0 Å². The van der Waals surface area contributed by atoms with Gasteiger partial charge in [0.05, 0.1) is 17.4 Å². The molecule has 3 rings (SSSR count). The predicted octanol–water partition coefficient (Wildman–Crippen LogP) is 3.37. The third kappa shape index (κ3) is 3.59. The van der Waals surface area contributed by atoms with Crippen molar-refractivity contribution >= 4 is 17.3 Å². The highest BCUT2D eigenvalue weighted by Crippen LogP contribution is 2.34.